The zero-order valence-corrected chi connectivity index (χ0v) is 9.50. The van der Waals surface area contributed by atoms with Crippen molar-refractivity contribution in [1.29, 1.82) is 0 Å². The third-order valence-electron chi connectivity index (χ3n) is 3.49. The van der Waals surface area contributed by atoms with E-state index in [0.717, 1.165) is 12.1 Å². The number of hydrogen-bond acceptors (Lipinski definition) is 3. The Kier molecular flexibility index (Phi) is 3.42. The highest BCUT2D eigenvalue weighted by molar-refractivity contribution is 4.85. The summed E-state index contributed by atoms with van der Waals surface area (Å²) in [5, 5.41) is 3.80. The van der Waals surface area contributed by atoms with Gasteiger partial charge in [0.15, 0.2) is 0 Å². The van der Waals surface area contributed by atoms with Gasteiger partial charge in [0, 0.05) is 25.2 Å². The highest BCUT2D eigenvalue weighted by atomic mass is 15.2. The summed E-state index contributed by atoms with van der Waals surface area (Å²) in [5.41, 5.74) is 0. The average molecular weight is 197 g/mol. The van der Waals surface area contributed by atoms with Crippen LogP contribution in [0, 0.1) is 0 Å². The minimum atomic E-state index is 0.741. The molecule has 14 heavy (non-hydrogen) atoms. The van der Waals surface area contributed by atoms with Gasteiger partial charge >= 0.3 is 0 Å². The summed E-state index contributed by atoms with van der Waals surface area (Å²) >= 11 is 0. The van der Waals surface area contributed by atoms with E-state index in [1.807, 2.05) is 0 Å². The lowest BCUT2D eigenvalue weighted by atomic mass is 10.1. The van der Waals surface area contributed by atoms with Gasteiger partial charge in [-0.05, 0) is 46.4 Å². The monoisotopic (exact) mass is 197 g/mol. The van der Waals surface area contributed by atoms with Crippen LogP contribution in [-0.4, -0.2) is 62.2 Å². The van der Waals surface area contributed by atoms with Gasteiger partial charge in [0.05, 0.1) is 0 Å². The molecule has 2 saturated heterocycles. The van der Waals surface area contributed by atoms with E-state index < -0.39 is 0 Å². The van der Waals surface area contributed by atoms with Crippen LogP contribution in [0.15, 0.2) is 0 Å². The second-order valence-electron chi connectivity index (χ2n) is 5.02. The SMILES string of the molecule is CN1CCCC(NC2CCN(C)C2)C1. The number of likely N-dealkylation sites (tertiary alicyclic amines) is 2. The molecule has 0 radical (unpaired) electrons. The predicted molar refractivity (Wildman–Crippen MR) is 59.6 cm³/mol. The van der Waals surface area contributed by atoms with Crippen LogP contribution in [0.2, 0.25) is 0 Å². The first-order valence-corrected chi connectivity index (χ1v) is 5.87. The zero-order chi connectivity index (χ0) is 9.97. The summed E-state index contributed by atoms with van der Waals surface area (Å²) < 4.78 is 0. The number of likely N-dealkylation sites (N-methyl/N-ethyl adjacent to an activating group) is 2. The topological polar surface area (TPSA) is 18.5 Å². The first-order valence-electron chi connectivity index (χ1n) is 5.87. The number of rotatable bonds is 2. The molecule has 0 saturated carbocycles. The maximum atomic E-state index is 3.80. The molecule has 2 atom stereocenters. The molecule has 2 fully saturated rings. The molecule has 3 nitrogen and oxygen atoms in total. The predicted octanol–water partition coefficient (Wildman–Crippen LogP) is 0.374. The van der Waals surface area contributed by atoms with Crippen LogP contribution < -0.4 is 5.32 Å². The summed E-state index contributed by atoms with van der Waals surface area (Å²) in [6.07, 6.45) is 4.05. The van der Waals surface area contributed by atoms with E-state index in [9.17, 15) is 0 Å². The average Bonchev–Trinajstić information content (AvgIpc) is 2.51. The summed E-state index contributed by atoms with van der Waals surface area (Å²) in [7, 11) is 4.45. The van der Waals surface area contributed by atoms with Gasteiger partial charge in [-0.25, -0.2) is 0 Å². The van der Waals surface area contributed by atoms with Crippen LogP contribution in [0.3, 0.4) is 0 Å². The van der Waals surface area contributed by atoms with Crippen LogP contribution >= 0.6 is 0 Å². The molecule has 2 unspecified atom stereocenters. The Balaban J connectivity index is 1.74. The third-order valence-corrected chi connectivity index (χ3v) is 3.49. The van der Waals surface area contributed by atoms with Crippen molar-refractivity contribution in [2.24, 2.45) is 0 Å². The van der Waals surface area contributed by atoms with Gasteiger partial charge in [-0.15, -0.1) is 0 Å². The van der Waals surface area contributed by atoms with E-state index in [1.54, 1.807) is 0 Å². The van der Waals surface area contributed by atoms with Crippen LogP contribution in [0.25, 0.3) is 0 Å². The smallest absolute Gasteiger partial charge is 0.0210 e. The molecule has 0 aromatic rings. The number of nitrogens with one attached hydrogen (secondary N) is 1. The van der Waals surface area contributed by atoms with Gasteiger partial charge < -0.3 is 15.1 Å². The molecule has 0 spiro atoms. The van der Waals surface area contributed by atoms with Crippen LogP contribution in [0.5, 0.6) is 0 Å². The van der Waals surface area contributed by atoms with Crippen molar-refractivity contribution in [3.05, 3.63) is 0 Å². The first kappa shape index (κ1) is 10.4. The fourth-order valence-corrected chi connectivity index (χ4v) is 2.71. The number of nitrogens with zero attached hydrogens (tertiary/aromatic N) is 2. The Morgan fingerprint density at radius 2 is 1.57 bits per heavy atom. The maximum absolute atomic E-state index is 3.80. The molecule has 3 heteroatoms. The summed E-state index contributed by atoms with van der Waals surface area (Å²) in [6, 6.07) is 1.49. The van der Waals surface area contributed by atoms with Crippen molar-refractivity contribution in [3.8, 4) is 0 Å². The quantitative estimate of drug-likeness (QED) is 0.690. The first-order chi connectivity index (χ1) is 6.74. The molecule has 82 valence electrons. The van der Waals surface area contributed by atoms with Gasteiger partial charge in [-0.1, -0.05) is 0 Å². The van der Waals surface area contributed by atoms with Crippen molar-refractivity contribution in [2.45, 2.75) is 31.3 Å². The molecule has 0 bridgehead atoms. The van der Waals surface area contributed by atoms with Crippen molar-refractivity contribution in [2.75, 3.05) is 40.3 Å². The molecule has 2 rings (SSSR count). The molecule has 0 amide bonds. The Hall–Kier alpha value is -0.120. The largest absolute Gasteiger partial charge is 0.309 e. The van der Waals surface area contributed by atoms with Crippen molar-refractivity contribution < 1.29 is 0 Å². The van der Waals surface area contributed by atoms with Crippen LogP contribution in [-0.2, 0) is 0 Å². The molecule has 2 aliphatic heterocycles. The third kappa shape index (κ3) is 2.69. The van der Waals surface area contributed by atoms with Crippen LogP contribution in [0.1, 0.15) is 19.3 Å². The fraction of sp³-hybridized carbons (Fsp3) is 1.00. The van der Waals surface area contributed by atoms with Gasteiger partial charge in [-0.3, -0.25) is 0 Å². The van der Waals surface area contributed by atoms with Crippen molar-refractivity contribution in [3.63, 3.8) is 0 Å². The Morgan fingerprint density at radius 1 is 0.929 bits per heavy atom. The minimum Gasteiger partial charge on any atom is -0.309 e. The standard InChI is InChI=1S/C11H23N3/c1-13-6-3-4-10(8-13)12-11-5-7-14(2)9-11/h10-12H,3-9H2,1-2H3. The summed E-state index contributed by atoms with van der Waals surface area (Å²) in [4.78, 5) is 4.87. The van der Waals surface area contributed by atoms with E-state index >= 15 is 0 Å². The van der Waals surface area contributed by atoms with Gasteiger partial charge in [0.2, 0.25) is 0 Å². The Morgan fingerprint density at radius 3 is 2.21 bits per heavy atom. The normalized spacial score (nSPS) is 36.4. The molecule has 0 aliphatic carbocycles. The van der Waals surface area contributed by atoms with Crippen LogP contribution in [0.4, 0.5) is 0 Å². The molecule has 0 aromatic heterocycles. The molecule has 2 heterocycles. The molecule has 1 N–H and O–H groups in total. The number of piperidine rings is 1. The molecule has 0 aromatic carbocycles. The van der Waals surface area contributed by atoms with E-state index in [0.29, 0.717) is 0 Å². The Bertz CT molecular complexity index is 183. The van der Waals surface area contributed by atoms with E-state index in [4.69, 9.17) is 0 Å². The summed E-state index contributed by atoms with van der Waals surface area (Å²) in [6.45, 7) is 5.02. The van der Waals surface area contributed by atoms with Crippen molar-refractivity contribution >= 4 is 0 Å². The molecular weight excluding hydrogens is 174 g/mol. The lowest BCUT2D eigenvalue weighted by molar-refractivity contribution is 0.216. The second kappa shape index (κ2) is 4.60. The van der Waals surface area contributed by atoms with Crippen molar-refractivity contribution in [1.82, 2.24) is 15.1 Å². The second-order valence-corrected chi connectivity index (χ2v) is 5.02. The minimum absolute atomic E-state index is 0.741. The Labute approximate surface area is 87.4 Å². The number of hydrogen-bond donors (Lipinski definition) is 1. The van der Waals surface area contributed by atoms with E-state index in [1.165, 1.54) is 45.4 Å². The lowest BCUT2D eigenvalue weighted by Crippen LogP contribution is -2.48. The molecular formula is C11H23N3. The maximum Gasteiger partial charge on any atom is 0.0210 e. The van der Waals surface area contributed by atoms with Gasteiger partial charge in [0.1, 0.15) is 0 Å². The fourth-order valence-electron chi connectivity index (χ4n) is 2.71. The highest BCUT2D eigenvalue weighted by Crippen LogP contribution is 2.12. The molecule has 2 aliphatic rings. The van der Waals surface area contributed by atoms with Gasteiger partial charge in [0.25, 0.3) is 0 Å². The lowest BCUT2D eigenvalue weighted by Gasteiger charge is -2.32. The van der Waals surface area contributed by atoms with Gasteiger partial charge in [-0.2, -0.15) is 0 Å². The highest BCUT2D eigenvalue weighted by Gasteiger charge is 2.24. The zero-order valence-electron chi connectivity index (χ0n) is 9.50. The van der Waals surface area contributed by atoms with E-state index in [2.05, 4.69) is 29.2 Å². The van der Waals surface area contributed by atoms with E-state index in [-0.39, 0.29) is 0 Å². The summed E-state index contributed by atoms with van der Waals surface area (Å²) in [5.74, 6) is 0.